The van der Waals surface area contributed by atoms with Gasteiger partial charge in [0.2, 0.25) is 0 Å². The van der Waals surface area contributed by atoms with Crippen molar-refractivity contribution in [3.8, 4) is 0 Å². The molecule has 1 atom stereocenters. The lowest BCUT2D eigenvalue weighted by Gasteiger charge is -2.23. The zero-order valence-corrected chi connectivity index (χ0v) is 15.5. The molecule has 1 aromatic heterocycles. The lowest BCUT2D eigenvalue weighted by atomic mass is 10.0. The van der Waals surface area contributed by atoms with Crippen LogP contribution in [0, 0.1) is 5.92 Å². The van der Waals surface area contributed by atoms with Gasteiger partial charge in [-0.2, -0.15) is 0 Å². The van der Waals surface area contributed by atoms with Gasteiger partial charge in [0.05, 0.1) is 12.2 Å². The molecule has 0 aromatic carbocycles. The minimum Gasteiger partial charge on any atom is -0.375 e. The number of rotatable bonds is 8. The van der Waals surface area contributed by atoms with Crippen LogP contribution in [0.25, 0.3) is 0 Å². The van der Waals surface area contributed by atoms with E-state index in [4.69, 9.17) is 4.74 Å². The van der Waals surface area contributed by atoms with Crippen molar-refractivity contribution in [1.29, 1.82) is 0 Å². The smallest absolute Gasteiger partial charge is 0.193 e. The first-order chi connectivity index (χ1) is 10.5. The summed E-state index contributed by atoms with van der Waals surface area (Å²) in [4.78, 5) is 11.1. The number of nitrogens with zero attached hydrogens (tertiary/aromatic N) is 3. The lowest BCUT2D eigenvalue weighted by Crippen LogP contribution is -2.40. The van der Waals surface area contributed by atoms with Gasteiger partial charge in [0, 0.05) is 33.1 Å². The zero-order chi connectivity index (χ0) is 16.5. The number of nitrogens with one attached hydrogen (secondary N) is 1. The molecular weight excluding hydrogens is 296 g/mol. The van der Waals surface area contributed by atoms with Gasteiger partial charge in [-0.3, -0.25) is 4.99 Å². The van der Waals surface area contributed by atoms with E-state index in [1.165, 1.54) is 12.8 Å². The highest BCUT2D eigenvalue weighted by molar-refractivity contribution is 7.09. The first-order valence-electron chi connectivity index (χ1n) is 7.94. The van der Waals surface area contributed by atoms with Crippen LogP contribution in [-0.4, -0.2) is 43.6 Å². The van der Waals surface area contributed by atoms with E-state index in [1.807, 2.05) is 21.0 Å². The minimum absolute atomic E-state index is 0.0522. The van der Waals surface area contributed by atoms with Crippen molar-refractivity contribution in [1.82, 2.24) is 15.2 Å². The first kappa shape index (κ1) is 18.9. The summed E-state index contributed by atoms with van der Waals surface area (Å²) in [5.41, 5.74) is 1.05. The molecule has 5 nitrogen and oxygen atoms in total. The largest absolute Gasteiger partial charge is 0.375 e. The Balaban J connectivity index is 2.58. The molecule has 0 saturated carbocycles. The molecule has 0 spiro atoms. The Morgan fingerprint density at radius 1 is 1.45 bits per heavy atom. The third-order valence-electron chi connectivity index (χ3n) is 3.95. The van der Waals surface area contributed by atoms with Gasteiger partial charge >= 0.3 is 0 Å². The van der Waals surface area contributed by atoms with E-state index < -0.39 is 0 Å². The maximum absolute atomic E-state index is 5.31. The number of ether oxygens (including phenoxy) is 1. The van der Waals surface area contributed by atoms with Crippen molar-refractivity contribution in [2.75, 3.05) is 27.7 Å². The second kappa shape index (κ2) is 9.79. The predicted octanol–water partition coefficient (Wildman–Crippen LogP) is 3.29. The predicted molar refractivity (Wildman–Crippen MR) is 94.4 cm³/mol. The molecule has 0 aliphatic carbocycles. The minimum atomic E-state index is 0.0522. The molecule has 0 fully saturated rings. The summed E-state index contributed by atoms with van der Waals surface area (Å²) < 4.78 is 5.31. The highest BCUT2D eigenvalue weighted by Crippen LogP contribution is 2.20. The van der Waals surface area contributed by atoms with Crippen LogP contribution in [0.2, 0.25) is 0 Å². The van der Waals surface area contributed by atoms with Crippen LogP contribution in [0.15, 0.2) is 10.4 Å². The van der Waals surface area contributed by atoms with E-state index in [9.17, 15) is 0 Å². The van der Waals surface area contributed by atoms with Crippen LogP contribution in [0.3, 0.4) is 0 Å². The Labute approximate surface area is 138 Å². The number of hydrogen-bond donors (Lipinski definition) is 1. The maximum atomic E-state index is 5.31. The lowest BCUT2D eigenvalue weighted by molar-refractivity contribution is 0.119. The molecule has 0 bridgehead atoms. The molecule has 0 aliphatic rings. The van der Waals surface area contributed by atoms with Gasteiger partial charge in [0.25, 0.3) is 0 Å². The van der Waals surface area contributed by atoms with Gasteiger partial charge < -0.3 is 15.0 Å². The fourth-order valence-electron chi connectivity index (χ4n) is 2.20. The summed E-state index contributed by atoms with van der Waals surface area (Å²) in [5.74, 6) is 1.61. The summed E-state index contributed by atoms with van der Waals surface area (Å²) >= 11 is 1.65. The molecule has 0 amide bonds. The number of aromatic nitrogens is 1. The quantitative estimate of drug-likeness (QED) is 0.588. The van der Waals surface area contributed by atoms with Crippen LogP contribution >= 0.6 is 11.3 Å². The number of methoxy groups -OCH3 is 1. The highest BCUT2D eigenvalue weighted by atomic mass is 32.1. The summed E-state index contributed by atoms with van der Waals surface area (Å²) in [6.45, 7) is 8.19. The monoisotopic (exact) mass is 326 g/mol. The standard InChI is InChI=1S/C16H30N4OS/c1-7-13(8-2)9-18-16(17-4)20(5)10-14-11-22-15(19-14)12(3)21-6/h11-13H,7-10H2,1-6H3,(H,17,18). The number of aliphatic imine (C=N–C) groups is 1. The van der Waals surface area contributed by atoms with Gasteiger partial charge in [0.1, 0.15) is 11.1 Å². The van der Waals surface area contributed by atoms with Crippen molar-refractivity contribution in [2.45, 2.75) is 46.3 Å². The van der Waals surface area contributed by atoms with Gasteiger partial charge in [-0.05, 0) is 12.8 Å². The summed E-state index contributed by atoms with van der Waals surface area (Å²) in [5, 5.41) is 6.57. The van der Waals surface area contributed by atoms with Crippen LogP contribution < -0.4 is 5.32 Å². The molecule has 22 heavy (non-hydrogen) atoms. The Kier molecular flexibility index (Phi) is 8.42. The third-order valence-corrected chi connectivity index (χ3v) is 5.00. The van der Waals surface area contributed by atoms with E-state index in [2.05, 4.69) is 39.4 Å². The van der Waals surface area contributed by atoms with E-state index in [-0.39, 0.29) is 6.10 Å². The molecule has 1 heterocycles. The van der Waals surface area contributed by atoms with Gasteiger partial charge in [-0.1, -0.05) is 26.7 Å². The topological polar surface area (TPSA) is 49.8 Å². The zero-order valence-electron chi connectivity index (χ0n) is 14.7. The third kappa shape index (κ3) is 5.57. The van der Waals surface area contributed by atoms with Crippen LogP contribution in [0.5, 0.6) is 0 Å². The molecule has 1 rings (SSSR count). The normalized spacial score (nSPS) is 13.5. The van der Waals surface area contributed by atoms with E-state index in [1.54, 1.807) is 18.4 Å². The fraction of sp³-hybridized carbons (Fsp3) is 0.750. The van der Waals surface area contributed by atoms with E-state index in [0.29, 0.717) is 5.92 Å². The Hall–Kier alpha value is -1.14. The molecule has 1 N–H and O–H groups in total. The van der Waals surface area contributed by atoms with Crippen molar-refractivity contribution in [3.63, 3.8) is 0 Å². The number of hydrogen-bond acceptors (Lipinski definition) is 4. The fourth-order valence-corrected chi connectivity index (χ4v) is 3.04. The Morgan fingerprint density at radius 3 is 2.68 bits per heavy atom. The van der Waals surface area contributed by atoms with Crippen molar-refractivity contribution < 1.29 is 4.74 Å². The van der Waals surface area contributed by atoms with E-state index >= 15 is 0 Å². The second-order valence-electron chi connectivity index (χ2n) is 5.52. The molecule has 6 heteroatoms. The molecule has 0 radical (unpaired) electrons. The van der Waals surface area contributed by atoms with Crippen LogP contribution in [0.1, 0.15) is 50.4 Å². The summed E-state index contributed by atoms with van der Waals surface area (Å²) in [6, 6.07) is 0. The SMILES string of the molecule is CCC(CC)CNC(=NC)N(C)Cc1csc(C(C)OC)n1. The average Bonchev–Trinajstić information content (AvgIpc) is 2.99. The van der Waals surface area contributed by atoms with Crippen molar-refractivity contribution in [3.05, 3.63) is 16.1 Å². The average molecular weight is 327 g/mol. The highest BCUT2D eigenvalue weighted by Gasteiger charge is 2.13. The second-order valence-corrected chi connectivity index (χ2v) is 6.41. The maximum Gasteiger partial charge on any atom is 0.193 e. The summed E-state index contributed by atoms with van der Waals surface area (Å²) in [6.07, 6.45) is 2.43. The molecule has 0 aliphatic heterocycles. The Morgan fingerprint density at radius 2 is 2.14 bits per heavy atom. The summed E-state index contributed by atoms with van der Waals surface area (Å²) in [7, 11) is 5.58. The van der Waals surface area contributed by atoms with E-state index in [0.717, 1.165) is 29.8 Å². The molecule has 1 unspecified atom stereocenters. The number of thiazole rings is 1. The Bertz CT molecular complexity index is 457. The van der Waals surface area contributed by atoms with Gasteiger partial charge in [-0.25, -0.2) is 4.98 Å². The van der Waals surface area contributed by atoms with Crippen molar-refractivity contribution in [2.24, 2.45) is 10.9 Å². The molecule has 0 saturated heterocycles. The van der Waals surface area contributed by atoms with Crippen LogP contribution in [-0.2, 0) is 11.3 Å². The molecule has 1 aromatic rings. The van der Waals surface area contributed by atoms with Crippen molar-refractivity contribution >= 4 is 17.3 Å². The number of guanidine groups is 1. The van der Waals surface area contributed by atoms with Gasteiger partial charge in [0.15, 0.2) is 5.96 Å². The first-order valence-corrected chi connectivity index (χ1v) is 8.82. The van der Waals surface area contributed by atoms with Gasteiger partial charge in [-0.15, -0.1) is 11.3 Å². The van der Waals surface area contributed by atoms with Crippen LogP contribution in [0.4, 0.5) is 0 Å². The molecular formula is C16H30N4OS. The molecule has 126 valence electrons.